The molecule has 4 heteroatoms. The first-order valence-corrected chi connectivity index (χ1v) is 15.2. The van der Waals surface area contributed by atoms with E-state index in [4.69, 9.17) is 8.53 Å². The van der Waals surface area contributed by atoms with Crippen LogP contribution in [0.15, 0.2) is 114 Å². The predicted molar refractivity (Wildman–Crippen MR) is 182 cm³/mol. The molecule has 0 spiro atoms. The minimum absolute atomic E-state index is 0. The van der Waals surface area contributed by atoms with Crippen molar-refractivity contribution in [2.75, 3.05) is 0 Å². The summed E-state index contributed by atoms with van der Waals surface area (Å²) in [5.74, 6) is -0.550. The first-order valence-electron chi connectivity index (χ1n) is 17.2. The zero-order valence-corrected chi connectivity index (χ0v) is 27.8. The van der Waals surface area contributed by atoms with Crippen LogP contribution >= 0.6 is 0 Å². The molecule has 0 unspecified atom stereocenters. The molecule has 1 radical (unpaired) electrons. The Hall–Kier alpha value is -4.11. The third-order valence-electron chi connectivity index (χ3n) is 8.70. The number of pyridine rings is 2. The van der Waals surface area contributed by atoms with Crippen molar-refractivity contribution in [3.63, 3.8) is 0 Å². The molecule has 1 aliphatic carbocycles. The van der Waals surface area contributed by atoms with Gasteiger partial charge in [0.05, 0.1) is 5.58 Å². The molecule has 8 rings (SSSR count). The van der Waals surface area contributed by atoms with Crippen LogP contribution in [0.3, 0.4) is 0 Å². The van der Waals surface area contributed by atoms with Crippen molar-refractivity contribution >= 4 is 32.7 Å². The van der Waals surface area contributed by atoms with Crippen molar-refractivity contribution in [3.8, 4) is 22.5 Å². The molecule has 0 atom stereocenters. The third-order valence-corrected chi connectivity index (χ3v) is 8.70. The van der Waals surface area contributed by atoms with Crippen LogP contribution in [0.1, 0.15) is 62.0 Å². The van der Waals surface area contributed by atoms with E-state index in [1.807, 2.05) is 42.6 Å². The van der Waals surface area contributed by atoms with E-state index < -0.39 is 12.7 Å². The summed E-state index contributed by atoms with van der Waals surface area (Å²) in [4.78, 5) is 8.80. The van der Waals surface area contributed by atoms with Gasteiger partial charge in [-0.15, -0.1) is 54.1 Å². The molecule has 3 aromatic heterocycles. The zero-order chi connectivity index (χ0) is 33.5. The maximum atomic E-state index is 9.18. The summed E-state index contributed by atoms with van der Waals surface area (Å²) in [6, 6.07) is 37.9. The summed E-state index contributed by atoms with van der Waals surface area (Å²) in [6.45, 7) is 2.53. The monoisotopic (exact) mass is 769 g/mol. The van der Waals surface area contributed by atoms with Gasteiger partial charge in [0.2, 0.25) is 0 Å². The van der Waals surface area contributed by atoms with Crippen molar-refractivity contribution in [1.29, 1.82) is 0 Å². The van der Waals surface area contributed by atoms with E-state index in [0.29, 0.717) is 5.41 Å². The van der Waals surface area contributed by atoms with Crippen molar-refractivity contribution < 1.29 is 30.0 Å². The number of furan rings is 1. The average Bonchev–Trinajstić information content (AvgIpc) is 3.50. The molecule has 1 fully saturated rings. The van der Waals surface area contributed by atoms with Crippen LogP contribution in [0.5, 0.6) is 0 Å². The molecule has 0 bridgehead atoms. The van der Waals surface area contributed by atoms with Gasteiger partial charge in [-0.05, 0) is 72.2 Å². The number of nitrogens with zero attached hydrogens (tertiary/aromatic N) is 2. The Labute approximate surface area is 284 Å². The van der Waals surface area contributed by atoms with Gasteiger partial charge in [-0.2, -0.15) is 0 Å². The van der Waals surface area contributed by atoms with Crippen molar-refractivity contribution in [1.82, 2.24) is 9.97 Å². The molecule has 1 aliphatic rings. The van der Waals surface area contributed by atoms with Crippen LogP contribution < -0.4 is 0 Å². The number of hydrogen-bond donors (Lipinski definition) is 0. The van der Waals surface area contributed by atoms with Crippen LogP contribution in [0, 0.1) is 24.4 Å². The largest absolute Gasteiger partial charge is 0.500 e. The molecule has 0 N–H and O–H groups in total. The van der Waals surface area contributed by atoms with Crippen LogP contribution in [0.25, 0.3) is 55.2 Å². The Morgan fingerprint density at radius 3 is 2.40 bits per heavy atom. The maximum Gasteiger partial charge on any atom is 0.128 e. The van der Waals surface area contributed by atoms with E-state index in [1.165, 1.54) is 11.6 Å². The fourth-order valence-corrected chi connectivity index (χ4v) is 6.07. The molecule has 4 aromatic carbocycles. The molecule has 0 saturated heterocycles. The van der Waals surface area contributed by atoms with E-state index in [-0.39, 0.29) is 25.7 Å². The molecule has 3 nitrogen and oxygen atoms in total. The van der Waals surface area contributed by atoms with Gasteiger partial charge in [0, 0.05) is 48.8 Å². The van der Waals surface area contributed by atoms with Crippen molar-refractivity contribution in [3.05, 3.63) is 133 Å². The van der Waals surface area contributed by atoms with E-state index >= 15 is 0 Å². The van der Waals surface area contributed by atoms with E-state index in [1.54, 1.807) is 18.2 Å². The molecule has 45 heavy (non-hydrogen) atoms. The van der Waals surface area contributed by atoms with Gasteiger partial charge in [0.1, 0.15) is 5.58 Å². The Morgan fingerprint density at radius 1 is 0.800 bits per heavy atom. The minimum Gasteiger partial charge on any atom is -0.500 e. The van der Waals surface area contributed by atoms with Gasteiger partial charge < -0.3 is 14.4 Å². The number of rotatable bonds is 3. The normalized spacial score (nSPS) is 16.8. The number of aromatic nitrogens is 2. The van der Waals surface area contributed by atoms with Crippen LogP contribution in [-0.2, 0) is 20.1 Å². The molecule has 7 aromatic rings. The number of benzene rings is 4. The summed E-state index contributed by atoms with van der Waals surface area (Å²) < 4.78 is 37.3. The second-order valence-corrected chi connectivity index (χ2v) is 12.3. The van der Waals surface area contributed by atoms with Crippen molar-refractivity contribution in [2.24, 2.45) is 5.41 Å². The molecule has 1 saturated carbocycles. The second-order valence-electron chi connectivity index (χ2n) is 12.3. The number of aryl methyl sites for hydroxylation is 1. The summed E-state index contributed by atoms with van der Waals surface area (Å²) >= 11 is 0. The van der Waals surface area contributed by atoms with E-state index in [2.05, 4.69) is 78.4 Å². The summed E-state index contributed by atoms with van der Waals surface area (Å²) in [7, 11) is 0. The van der Waals surface area contributed by atoms with Crippen LogP contribution in [-0.4, -0.2) is 9.97 Å². The zero-order valence-electron chi connectivity index (χ0n) is 29.4. The molecular weight excluding hydrogens is 729 g/mol. The van der Waals surface area contributed by atoms with Gasteiger partial charge in [-0.25, -0.2) is 0 Å². The summed E-state index contributed by atoms with van der Waals surface area (Å²) in [6.07, 6.45) is 7.15. The SMILES string of the molecule is [2H]C([2H])([2H])c1ccc(-c2[c-]cccc2)nc1.[2H]C1(c2ccnc(-c3[c-]ccc4c3oc3c5ccccc5ccc43)c2)CCC(C)(C)CC1.[Ir]. The fourth-order valence-electron chi connectivity index (χ4n) is 6.07. The van der Waals surface area contributed by atoms with Crippen LogP contribution in [0.2, 0.25) is 0 Å². The molecule has 3 heterocycles. The van der Waals surface area contributed by atoms with Gasteiger partial charge in [-0.1, -0.05) is 85.0 Å². The molecule has 227 valence electrons. The summed E-state index contributed by atoms with van der Waals surface area (Å²) in [5.41, 5.74) is 6.63. The Kier molecular flexibility index (Phi) is 7.60. The first-order chi connectivity index (χ1) is 23.0. The second kappa shape index (κ2) is 13.1. The summed E-state index contributed by atoms with van der Waals surface area (Å²) in [5, 5.41) is 4.47. The van der Waals surface area contributed by atoms with E-state index in [9.17, 15) is 1.37 Å². The molecule has 0 aliphatic heterocycles. The third kappa shape index (κ3) is 6.50. The number of fused-ring (bicyclic) bond motifs is 5. The Bertz CT molecular complexity index is 2220. The fraction of sp³-hybridized carbons (Fsp3) is 0.220. The maximum absolute atomic E-state index is 9.18. The molecule has 0 amide bonds. The van der Waals surface area contributed by atoms with Gasteiger partial charge in [0.15, 0.2) is 0 Å². The number of hydrogen-bond acceptors (Lipinski definition) is 3. The topological polar surface area (TPSA) is 38.9 Å². The Morgan fingerprint density at radius 2 is 1.62 bits per heavy atom. The molecular formula is C41H36IrN2O-2. The Balaban J connectivity index is 0.000000208. The van der Waals surface area contributed by atoms with E-state index in [0.717, 1.165) is 81.1 Å². The minimum atomic E-state index is -2.09. The predicted octanol–water partition coefficient (Wildman–Crippen LogP) is 11.1. The van der Waals surface area contributed by atoms with Gasteiger partial charge in [0.25, 0.3) is 0 Å². The van der Waals surface area contributed by atoms with Crippen molar-refractivity contribution in [2.45, 2.75) is 52.3 Å². The smallest absolute Gasteiger partial charge is 0.128 e. The standard InChI is InChI=1S/C29H26NO.C12H10N.Ir/c1-29(2)15-12-19(13-16-29)21-14-17-30-26(18-21)25-9-5-8-23-24-11-10-20-6-3-4-7-22(20)27(24)31-28(23)25;1-10-7-8-12(13-9-10)11-5-3-2-4-6-11;/h3-8,10-11,14,17-19H,12-13,15-16H2,1-2H3;2-5,7-9H,1H3;/q2*-1;/i19D;1D3;. The van der Waals surface area contributed by atoms with Gasteiger partial charge in [-0.3, -0.25) is 0 Å². The first kappa shape index (κ1) is 26.1. The van der Waals surface area contributed by atoms with Gasteiger partial charge >= 0.3 is 0 Å². The average molecular weight is 769 g/mol. The van der Waals surface area contributed by atoms with Crippen LogP contribution in [0.4, 0.5) is 0 Å². The quantitative estimate of drug-likeness (QED) is 0.168.